The van der Waals surface area contributed by atoms with E-state index in [0.29, 0.717) is 40.6 Å². The van der Waals surface area contributed by atoms with Crippen molar-refractivity contribution in [1.82, 2.24) is 35.6 Å². The van der Waals surface area contributed by atoms with Crippen molar-refractivity contribution >= 4 is 74.6 Å². The zero-order valence-electron chi connectivity index (χ0n) is 47.5. The molecule has 2 fully saturated rings. The summed E-state index contributed by atoms with van der Waals surface area (Å²) in [5, 5.41) is 32.1. The van der Waals surface area contributed by atoms with Gasteiger partial charge in [0.15, 0.2) is 11.6 Å². The fourth-order valence-corrected chi connectivity index (χ4v) is 12.2. The minimum atomic E-state index is -3.37. The maximum absolute atomic E-state index is 14.8. The maximum Gasteiger partial charge on any atom is 0.287 e. The minimum absolute atomic E-state index is 0.0170. The minimum Gasteiger partial charge on any atom is -0.490 e. The summed E-state index contributed by atoms with van der Waals surface area (Å²) < 4.78 is 64.9. The number of fused-ring (bicyclic) bond motifs is 4. The molecule has 5 atom stereocenters. The molecule has 0 spiro atoms. The van der Waals surface area contributed by atoms with Crippen molar-refractivity contribution < 1.29 is 41.7 Å². The number of furan rings is 1. The number of benzene rings is 3. The topological polar surface area (TPSA) is 193 Å². The van der Waals surface area contributed by atoms with Crippen LogP contribution < -0.4 is 20.7 Å². The summed E-state index contributed by atoms with van der Waals surface area (Å²) in [5.74, 6) is -1.84. The summed E-state index contributed by atoms with van der Waals surface area (Å²) in [5.41, 5.74) is 3.88. The van der Waals surface area contributed by atoms with Gasteiger partial charge in [-0.25, -0.2) is 0 Å². The Morgan fingerprint density at radius 2 is 1.70 bits per heavy atom. The van der Waals surface area contributed by atoms with E-state index in [1.54, 1.807) is 47.8 Å². The smallest absolute Gasteiger partial charge is 0.287 e. The number of hydrogen-bond acceptors (Lipinski definition) is 12. The van der Waals surface area contributed by atoms with E-state index in [9.17, 15) is 24.3 Å². The molecule has 0 radical (unpaired) electrons. The third-order valence-electron chi connectivity index (χ3n) is 14.1. The Labute approximate surface area is 450 Å². The second-order valence-electron chi connectivity index (χ2n) is 19.7. The van der Waals surface area contributed by atoms with Crippen LogP contribution >= 0.6 is 34.3 Å². The van der Waals surface area contributed by atoms with Crippen molar-refractivity contribution in [3.05, 3.63) is 139 Å². The summed E-state index contributed by atoms with van der Waals surface area (Å²) in [6, 6.07) is 18.3. The van der Waals surface area contributed by atoms with Crippen LogP contribution in [0.2, 0.25) is 5.02 Å². The molecule has 0 bridgehead atoms. The average Bonchev–Trinajstić information content (AvgIpc) is 4.40. The SMILES string of the molecule is [2H]C([2H])([2H])C(C)([C@H](NC(=O)c1cc2cc(OC3CC(NC(=O)C[C@@H]4N=C(c5ccc(Cl)cc5)c5c(sc(C)c5C)-n5c(C)nnc54)C3)ccc2o1)C(=O)N1C[C@H](O)C[C@H]1C(=O)N[C@@H](C)c1ccc(-c2sccc2C)cc1)C([2H])([2H])[2H]. The van der Waals surface area contributed by atoms with Gasteiger partial charge in [0.2, 0.25) is 17.7 Å². The first kappa shape index (κ1) is 43.7. The van der Waals surface area contributed by atoms with E-state index in [1.807, 2.05) is 78.4 Å². The summed E-state index contributed by atoms with van der Waals surface area (Å²) in [6.45, 7) is 3.49. The number of carbonyl (C=O) groups is 4. The molecule has 2 aliphatic heterocycles. The third kappa shape index (κ3) is 10.1. The zero-order valence-corrected chi connectivity index (χ0v) is 43.9. The number of hydrogen-bond donors (Lipinski definition) is 4. The van der Waals surface area contributed by atoms with Gasteiger partial charge in [0, 0.05) is 71.4 Å². The first-order valence-corrected chi connectivity index (χ1v) is 26.5. The lowest BCUT2D eigenvalue weighted by atomic mass is 9.85. The highest BCUT2D eigenvalue weighted by molar-refractivity contribution is 7.15. The molecule has 18 heteroatoms. The summed E-state index contributed by atoms with van der Waals surface area (Å²) in [6.07, 6.45) is -0.712. The Morgan fingerprint density at radius 1 is 0.959 bits per heavy atom. The quantitative estimate of drug-likeness (QED) is 0.0870. The predicted molar refractivity (Wildman–Crippen MR) is 288 cm³/mol. The maximum atomic E-state index is 14.8. The van der Waals surface area contributed by atoms with E-state index in [1.165, 1.54) is 6.07 Å². The number of likely N-dealkylation sites (tertiary alicyclic amines) is 1. The van der Waals surface area contributed by atoms with Gasteiger partial charge in [-0.1, -0.05) is 68.6 Å². The van der Waals surface area contributed by atoms with Gasteiger partial charge in [0.25, 0.3) is 5.91 Å². The number of aliphatic imine (C=N–C) groups is 1. The number of aromatic nitrogens is 3. The number of halogens is 1. The second-order valence-corrected chi connectivity index (χ2v) is 22.2. The van der Waals surface area contributed by atoms with Crippen LogP contribution in [0, 0.1) is 33.1 Å². The van der Waals surface area contributed by atoms with Gasteiger partial charge < -0.3 is 35.1 Å². The van der Waals surface area contributed by atoms with Gasteiger partial charge in [0.05, 0.1) is 24.3 Å². The number of aliphatic hydroxyl groups excluding tert-OH is 1. The predicted octanol–water partition coefficient (Wildman–Crippen LogP) is 9.68. The van der Waals surface area contributed by atoms with E-state index in [-0.39, 0.29) is 42.2 Å². The standard InChI is InChI=1S/C56H59ClN8O7S2/c1-28-19-20-73-49(28)35-11-9-33(10-12-35)30(3)58-52(68)43-25-39(66)27-64(43)54(70)50(56(6,7)8)61-53(69)45-22-36-21-40(17-18-44(36)72-45)71-41-23-38(24-41)59-46(67)26-42-51-63-62-32(5)65(51)55-47(29(2)31(4)74-55)48(60-42)34-13-15-37(57)16-14-34/h9-22,30,38-39,41-43,50,66H,23-27H2,1-8H3,(H,58,68)(H,59,67)(H,61,69)/t30-,38?,39+,41?,42-,43-,50+/m0/s1/i6D3,7D3. The lowest BCUT2D eigenvalue weighted by molar-refractivity contribution is -0.142. The molecule has 1 saturated carbocycles. The highest BCUT2D eigenvalue weighted by Gasteiger charge is 2.45. The molecule has 1 aliphatic carbocycles. The fraction of sp³-hybridized carbons (Fsp3) is 0.375. The number of aryl methyl sites for hydroxylation is 3. The number of ether oxygens (including phenoxy) is 1. The molecule has 384 valence electrons. The van der Waals surface area contributed by atoms with Crippen molar-refractivity contribution in [3.63, 3.8) is 0 Å². The molecule has 74 heavy (non-hydrogen) atoms. The summed E-state index contributed by atoms with van der Waals surface area (Å²) >= 11 is 9.51. The number of carbonyl (C=O) groups excluding carboxylic acids is 4. The van der Waals surface area contributed by atoms with Crippen molar-refractivity contribution in [2.75, 3.05) is 6.54 Å². The third-order valence-corrected chi connectivity index (χ3v) is 16.6. The molecular formula is C56H59ClN8O7S2. The molecular weight excluding hydrogens is 996 g/mol. The number of rotatable bonds is 13. The lowest BCUT2D eigenvalue weighted by Gasteiger charge is -2.36. The zero-order chi connectivity index (χ0) is 57.3. The molecule has 4 amide bonds. The number of thiophene rings is 2. The van der Waals surface area contributed by atoms with E-state index in [2.05, 4.69) is 40.0 Å². The molecule has 7 aromatic rings. The van der Waals surface area contributed by atoms with Crippen molar-refractivity contribution in [2.45, 2.75) is 123 Å². The Morgan fingerprint density at radius 3 is 2.42 bits per heavy atom. The number of nitrogens with zero attached hydrogens (tertiary/aromatic N) is 5. The van der Waals surface area contributed by atoms with Crippen LogP contribution in [0.4, 0.5) is 0 Å². The van der Waals surface area contributed by atoms with Gasteiger partial charge in [-0.3, -0.25) is 28.7 Å². The van der Waals surface area contributed by atoms with Gasteiger partial charge >= 0.3 is 0 Å². The first-order valence-electron chi connectivity index (χ1n) is 27.4. The van der Waals surface area contributed by atoms with Gasteiger partial charge in [-0.2, -0.15) is 0 Å². The van der Waals surface area contributed by atoms with E-state index in [0.717, 1.165) is 65.7 Å². The molecule has 10 rings (SSSR count). The van der Waals surface area contributed by atoms with Crippen LogP contribution in [0.15, 0.2) is 93.7 Å². The van der Waals surface area contributed by atoms with Crippen LogP contribution in [-0.4, -0.2) is 91.0 Å². The van der Waals surface area contributed by atoms with E-state index < -0.39 is 73.7 Å². The lowest BCUT2D eigenvalue weighted by Crippen LogP contribution is -2.57. The van der Waals surface area contributed by atoms with Crippen LogP contribution in [0.25, 0.3) is 26.4 Å². The normalized spacial score (nSPS) is 21.7. The molecule has 3 aliphatic rings. The van der Waals surface area contributed by atoms with Crippen LogP contribution in [-0.2, 0) is 14.4 Å². The number of β-amino-alcohol motifs (C(OH)–C–C–N with tert-alkyl or cyclic N) is 1. The summed E-state index contributed by atoms with van der Waals surface area (Å²) in [7, 11) is 0. The number of aliphatic hydroxyl groups is 1. The van der Waals surface area contributed by atoms with Crippen molar-refractivity contribution in [1.29, 1.82) is 0 Å². The van der Waals surface area contributed by atoms with Crippen LogP contribution in [0.5, 0.6) is 5.75 Å². The Balaban J connectivity index is 0.804. The molecule has 1 saturated heterocycles. The highest BCUT2D eigenvalue weighted by atomic mass is 35.5. The Bertz CT molecular complexity index is 3550. The molecule has 4 aromatic heterocycles. The molecule has 0 unspecified atom stereocenters. The molecule has 6 heterocycles. The monoisotopic (exact) mass is 1060 g/mol. The number of nitrogens with one attached hydrogen (secondary N) is 3. The second kappa shape index (κ2) is 20.2. The van der Waals surface area contributed by atoms with Crippen molar-refractivity contribution in [2.24, 2.45) is 10.4 Å². The first-order chi connectivity index (χ1) is 37.8. The van der Waals surface area contributed by atoms with Crippen molar-refractivity contribution in [3.8, 4) is 21.2 Å². The van der Waals surface area contributed by atoms with Crippen LogP contribution in [0.3, 0.4) is 0 Å². The molecule has 3 aromatic carbocycles. The molecule has 15 nitrogen and oxygen atoms in total. The van der Waals surface area contributed by atoms with E-state index in [4.69, 9.17) is 34.0 Å². The van der Waals surface area contributed by atoms with Gasteiger partial charge in [-0.05, 0) is 110 Å². The van der Waals surface area contributed by atoms with Gasteiger partial charge in [-0.15, -0.1) is 32.9 Å². The largest absolute Gasteiger partial charge is 0.490 e. The summed E-state index contributed by atoms with van der Waals surface area (Å²) in [4.78, 5) is 65.2. The fourth-order valence-electron chi connectivity index (χ4n) is 9.89. The average molecular weight is 1060 g/mol. The van der Waals surface area contributed by atoms with E-state index >= 15 is 0 Å². The molecule has 4 N–H and O–H groups in total. The Kier molecular flexibility index (Phi) is 11.9. The number of amides is 4. The highest BCUT2D eigenvalue weighted by Crippen LogP contribution is 2.40. The Hall–Kier alpha value is -6.66. The van der Waals surface area contributed by atoms with Crippen LogP contribution in [0.1, 0.15) is 128 Å². The van der Waals surface area contributed by atoms with Gasteiger partial charge in [0.1, 0.15) is 46.4 Å².